The summed E-state index contributed by atoms with van der Waals surface area (Å²) >= 11 is 0. The van der Waals surface area contributed by atoms with Crippen LogP contribution >= 0.6 is 0 Å². The summed E-state index contributed by atoms with van der Waals surface area (Å²) in [5.74, 6) is 1.56. The van der Waals surface area contributed by atoms with Crippen LogP contribution in [0.15, 0.2) is 72.2 Å². The normalized spacial score (nSPS) is 11.4. The highest BCUT2D eigenvalue weighted by atomic mass is 16.5. The lowest BCUT2D eigenvalue weighted by Gasteiger charge is -2.13. The SMILES string of the molecule is CCNC(=NCc1cccc(Cn2ccnc2)c1)Nc1cccc(OCCCOC)c1. The van der Waals surface area contributed by atoms with Crippen LogP contribution in [0.25, 0.3) is 0 Å². The van der Waals surface area contributed by atoms with Gasteiger partial charge in [0.1, 0.15) is 5.75 Å². The smallest absolute Gasteiger partial charge is 0.196 e. The van der Waals surface area contributed by atoms with Crippen LogP contribution in [0, 0.1) is 0 Å². The van der Waals surface area contributed by atoms with E-state index in [1.54, 1.807) is 13.3 Å². The lowest BCUT2D eigenvalue weighted by molar-refractivity contribution is 0.172. The molecule has 0 unspecified atom stereocenters. The molecule has 0 aliphatic carbocycles. The van der Waals surface area contributed by atoms with Crippen molar-refractivity contribution < 1.29 is 9.47 Å². The average molecular weight is 422 g/mol. The first kappa shape index (κ1) is 22.4. The number of nitrogens with zero attached hydrogens (tertiary/aromatic N) is 3. The van der Waals surface area contributed by atoms with Crippen molar-refractivity contribution in [2.75, 3.05) is 32.2 Å². The van der Waals surface area contributed by atoms with Gasteiger partial charge in [-0.05, 0) is 30.2 Å². The Morgan fingerprint density at radius 1 is 1.10 bits per heavy atom. The predicted octanol–water partition coefficient (Wildman–Crippen LogP) is 3.92. The van der Waals surface area contributed by atoms with Crippen LogP contribution in [-0.2, 0) is 17.8 Å². The average Bonchev–Trinajstić information content (AvgIpc) is 3.29. The molecule has 1 aromatic heterocycles. The molecule has 0 saturated carbocycles. The Labute approximate surface area is 184 Å². The summed E-state index contributed by atoms with van der Waals surface area (Å²) in [6.07, 6.45) is 6.45. The fourth-order valence-corrected chi connectivity index (χ4v) is 3.09. The Balaban J connectivity index is 1.61. The van der Waals surface area contributed by atoms with Gasteiger partial charge in [0, 0.05) is 57.4 Å². The summed E-state index contributed by atoms with van der Waals surface area (Å²) in [4.78, 5) is 8.85. The largest absolute Gasteiger partial charge is 0.493 e. The highest BCUT2D eigenvalue weighted by Crippen LogP contribution is 2.17. The van der Waals surface area contributed by atoms with Crippen LogP contribution < -0.4 is 15.4 Å². The van der Waals surface area contributed by atoms with Gasteiger partial charge in [-0.2, -0.15) is 0 Å². The van der Waals surface area contributed by atoms with E-state index in [0.29, 0.717) is 19.8 Å². The monoisotopic (exact) mass is 421 g/mol. The Bertz CT molecular complexity index is 941. The molecule has 3 aromatic rings. The van der Waals surface area contributed by atoms with E-state index in [1.807, 2.05) is 36.8 Å². The van der Waals surface area contributed by atoms with E-state index < -0.39 is 0 Å². The van der Waals surface area contributed by atoms with E-state index in [-0.39, 0.29) is 0 Å². The molecule has 0 aliphatic rings. The van der Waals surface area contributed by atoms with Gasteiger partial charge in [-0.25, -0.2) is 9.98 Å². The van der Waals surface area contributed by atoms with Gasteiger partial charge < -0.3 is 24.7 Å². The van der Waals surface area contributed by atoms with Gasteiger partial charge in [0.25, 0.3) is 0 Å². The van der Waals surface area contributed by atoms with Crippen LogP contribution in [0.5, 0.6) is 5.75 Å². The summed E-state index contributed by atoms with van der Waals surface area (Å²) in [5, 5.41) is 6.67. The van der Waals surface area contributed by atoms with Crippen molar-refractivity contribution in [1.82, 2.24) is 14.9 Å². The molecular formula is C24H31N5O2. The first-order valence-electron chi connectivity index (χ1n) is 10.6. The van der Waals surface area contributed by atoms with Crippen molar-refractivity contribution in [3.8, 4) is 5.75 Å². The number of rotatable bonds is 11. The second-order valence-electron chi connectivity index (χ2n) is 7.10. The Hall–Kier alpha value is -3.32. The van der Waals surface area contributed by atoms with Crippen molar-refractivity contribution in [1.29, 1.82) is 0 Å². The molecule has 0 atom stereocenters. The predicted molar refractivity (Wildman–Crippen MR) is 125 cm³/mol. The number of anilines is 1. The summed E-state index contributed by atoms with van der Waals surface area (Å²) in [5.41, 5.74) is 3.31. The number of aliphatic imine (C=N–C) groups is 1. The van der Waals surface area contributed by atoms with Crippen molar-refractivity contribution in [3.63, 3.8) is 0 Å². The first-order chi connectivity index (χ1) is 15.3. The molecule has 7 nitrogen and oxygen atoms in total. The van der Waals surface area contributed by atoms with Gasteiger partial charge in [0.05, 0.1) is 19.5 Å². The van der Waals surface area contributed by atoms with Gasteiger partial charge in [-0.3, -0.25) is 0 Å². The molecule has 31 heavy (non-hydrogen) atoms. The fraction of sp³-hybridized carbons (Fsp3) is 0.333. The van der Waals surface area contributed by atoms with E-state index in [2.05, 4.69) is 51.4 Å². The van der Waals surface area contributed by atoms with E-state index in [4.69, 9.17) is 14.5 Å². The van der Waals surface area contributed by atoms with E-state index in [0.717, 1.165) is 42.5 Å². The van der Waals surface area contributed by atoms with Gasteiger partial charge in [-0.15, -0.1) is 0 Å². The number of ether oxygens (including phenoxy) is 2. The molecule has 0 amide bonds. The van der Waals surface area contributed by atoms with Gasteiger partial charge >= 0.3 is 0 Å². The number of imidazole rings is 1. The second kappa shape index (κ2) is 12.4. The molecule has 0 bridgehead atoms. The maximum absolute atomic E-state index is 5.79. The van der Waals surface area contributed by atoms with Gasteiger partial charge in [-0.1, -0.05) is 30.3 Å². The number of benzene rings is 2. The zero-order chi connectivity index (χ0) is 21.7. The van der Waals surface area contributed by atoms with Crippen LogP contribution in [0.4, 0.5) is 5.69 Å². The standard InChI is InChI=1S/C24H31N5O2/c1-3-26-24(28-22-9-5-10-23(16-22)31-14-6-13-30-2)27-17-20-7-4-8-21(15-20)18-29-12-11-25-19-29/h4-5,7-12,15-16,19H,3,6,13-14,17-18H2,1-2H3,(H2,26,27,28). The quantitative estimate of drug-likeness (QED) is 0.279. The first-order valence-corrected chi connectivity index (χ1v) is 10.6. The summed E-state index contributed by atoms with van der Waals surface area (Å²) in [7, 11) is 1.70. The molecule has 1 heterocycles. The molecule has 0 saturated heterocycles. The molecule has 2 N–H and O–H groups in total. The molecule has 164 valence electrons. The molecule has 3 rings (SSSR count). The van der Waals surface area contributed by atoms with Crippen LogP contribution in [0.1, 0.15) is 24.5 Å². The maximum atomic E-state index is 5.79. The van der Waals surface area contributed by atoms with Crippen LogP contribution in [0.3, 0.4) is 0 Å². The number of aromatic nitrogens is 2. The third kappa shape index (κ3) is 7.79. The fourth-order valence-electron chi connectivity index (χ4n) is 3.09. The highest BCUT2D eigenvalue weighted by Gasteiger charge is 2.03. The highest BCUT2D eigenvalue weighted by molar-refractivity contribution is 5.93. The van der Waals surface area contributed by atoms with E-state index in [1.165, 1.54) is 5.56 Å². The van der Waals surface area contributed by atoms with Crippen molar-refractivity contribution in [2.45, 2.75) is 26.4 Å². The molecule has 0 spiro atoms. The minimum absolute atomic E-state index is 0.584. The molecule has 0 fully saturated rings. The van der Waals surface area contributed by atoms with Crippen molar-refractivity contribution in [3.05, 3.63) is 78.4 Å². The van der Waals surface area contributed by atoms with Gasteiger partial charge in [0.2, 0.25) is 0 Å². The number of nitrogens with one attached hydrogen (secondary N) is 2. The molecule has 7 heteroatoms. The molecule has 0 radical (unpaired) electrons. The molecule has 2 aromatic carbocycles. The molecule has 0 aliphatic heterocycles. The summed E-state index contributed by atoms with van der Waals surface area (Å²) in [6, 6.07) is 16.4. The van der Waals surface area contributed by atoms with E-state index in [9.17, 15) is 0 Å². The van der Waals surface area contributed by atoms with E-state index >= 15 is 0 Å². The lowest BCUT2D eigenvalue weighted by atomic mass is 10.1. The Kier molecular flexibility index (Phi) is 8.94. The van der Waals surface area contributed by atoms with Gasteiger partial charge in [0.15, 0.2) is 5.96 Å². The number of guanidine groups is 1. The van der Waals surface area contributed by atoms with Crippen molar-refractivity contribution >= 4 is 11.6 Å². The topological polar surface area (TPSA) is 72.7 Å². The Morgan fingerprint density at radius 2 is 1.97 bits per heavy atom. The second-order valence-corrected chi connectivity index (χ2v) is 7.10. The third-order valence-corrected chi connectivity index (χ3v) is 4.54. The third-order valence-electron chi connectivity index (χ3n) is 4.54. The van der Waals surface area contributed by atoms with Crippen LogP contribution in [-0.4, -0.2) is 42.4 Å². The Morgan fingerprint density at radius 3 is 2.77 bits per heavy atom. The number of methoxy groups -OCH3 is 1. The zero-order valence-electron chi connectivity index (χ0n) is 18.3. The molecular weight excluding hydrogens is 390 g/mol. The van der Waals surface area contributed by atoms with Crippen molar-refractivity contribution in [2.24, 2.45) is 4.99 Å². The summed E-state index contributed by atoms with van der Waals surface area (Å²) < 4.78 is 12.9. The minimum Gasteiger partial charge on any atom is -0.493 e. The van der Waals surface area contributed by atoms with Crippen LogP contribution in [0.2, 0.25) is 0 Å². The zero-order valence-corrected chi connectivity index (χ0v) is 18.3. The minimum atomic E-state index is 0.584. The number of hydrogen-bond donors (Lipinski definition) is 2. The lowest BCUT2D eigenvalue weighted by Crippen LogP contribution is -2.30. The summed E-state index contributed by atoms with van der Waals surface area (Å²) in [6.45, 7) is 5.53. The maximum Gasteiger partial charge on any atom is 0.196 e. The number of hydrogen-bond acceptors (Lipinski definition) is 4.